The van der Waals surface area contributed by atoms with Crippen LogP contribution in [0.25, 0.3) is 0 Å². The number of nitrogens with zero attached hydrogens (tertiary/aromatic N) is 3. The number of hydrogen-bond donors (Lipinski definition) is 1. The van der Waals surface area contributed by atoms with E-state index in [2.05, 4.69) is 15.4 Å². The maximum Gasteiger partial charge on any atom is 0.272 e. The zero-order chi connectivity index (χ0) is 15.0. The zero-order valence-electron chi connectivity index (χ0n) is 12.4. The van der Waals surface area contributed by atoms with Crippen molar-refractivity contribution >= 4 is 17.2 Å². The van der Waals surface area contributed by atoms with Crippen molar-refractivity contribution in [2.24, 2.45) is 0 Å². The molecule has 1 aliphatic rings. The van der Waals surface area contributed by atoms with E-state index in [1.165, 1.54) is 4.88 Å². The highest BCUT2D eigenvalue weighted by Gasteiger charge is 2.23. The summed E-state index contributed by atoms with van der Waals surface area (Å²) in [6.07, 6.45) is 0.923. The van der Waals surface area contributed by atoms with Crippen LogP contribution in [0.1, 0.15) is 38.1 Å². The Morgan fingerprint density at radius 1 is 1.43 bits per heavy atom. The fraction of sp³-hybridized carbons (Fsp3) is 0.500. The molecule has 0 aliphatic carbocycles. The van der Waals surface area contributed by atoms with Crippen molar-refractivity contribution in [2.75, 3.05) is 6.61 Å². The monoisotopic (exact) mass is 306 g/mol. The molecular formula is C14H18N4O2S. The number of fused-ring (bicyclic) bond motifs is 1. The van der Waals surface area contributed by atoms with Crippen LogP contribution in [0.3, 0.4) is 0 Å². The van der Waals surface area contributed by atoms with Gasteiger partial charge in [0.1, 0.15) is 5.01 Å². The molecule has 0 spiro atoms. The number of thiazole rings is 1. The van der Waals surface area contributed by atoms with Gasteiger partial charge in [0, 0.05) is 23.4 Å². The number of rotatable bonds is 3. The lowest BCUT2D eigenvalue weighted by atomic mass is 10.2. The van der Waals surface area contributed by atoms with Gasteiger partial charge in [-0.05, 0) is 20.8 Å². The SMILES string of the molecule is Cc1nc(CNC(=O)c2nn3c(c2C)OCCC3)sc1C. The topological polar surface area (TPSA) is 69.0 Å². The molecule has 0 atom stereocenters. The van der Waals surface area contributed by atoms with E-state index in [0.29, 0.717) is 24.7 Å². The Bertz CT molecular complexity index is 670. The average Bonchev–Trinajstić information content (AvgIpc) is 2.98. The Labute approximate surface area is 127 Å². The fourth-order valence-electron chi connectivity index (χ4n) is 2.32. The van der Waals surface area contributed by atoms with Crippen LogP contribution in [0.15, 0.2) is 0 Å². The molecule has 3 heterocycles. The summed E-state index contributed by atoms with van der Waals surface area (Å²) in [5.41, 5.74) is 2.27. The molecule has 3 rings (SSSR count). The van der Waals surface area contributed by atoms with Crippen molar-refractivity contribution < 1.29 is 9.53 Å². The highest BCUT2D eigenvalue weighted by atomic mass is 32.1. The molecule has 1 aliphatic heterocycles. The van der Waals surface area contributed by atoms with Gasteiger partial charge in [0.15, 0.2) is 5.69 Å². The molecule has 7 heteroatoms. The molecule has 0 aromatic carbocycles. The molecule has 2 aromatic rings. The molecule has 2 aromatic heterocycles. The van der Waals surface area contributed by atoms with Gasteiger partial charge in [-0.1, -0.05) is 0 Å². The van der Waals surface area contributed by atoms with Gasteiger partial charge in [0.2, 0.25) is 5.88 Å². The third-order valence-corrected chi connectivity index (χ3v) is 4.65. The number of carbonyl (C=O) groups excluding carboxylic acids is 1. The summed E-state index contributed by atoms with van der Waals surface area (Å²) in [5, 5.41) is 8.14. The minimum atomic E-state index is -0.177. The van der Waals surface area contributed by atoms with E-state index in [1.807, 2.05) is 20.8 Å². The maximum atomic E-state index is 12.3. The lowest BCUT2D eigenvalue weighted by molar-refractivity contribution is 0.0944. The smallest absolute Gasteiger partial charge is 0.272 e. The average molecular weight is 306 g/mol. The van der Waals surface area contributed by atoms with Gasteiger partial charge in [-0.15, -0.1) is 11.3 Å². The van der Waals surface area contributed by atoms with Gasteiger partial charge < -0.3 is 10.1 Å². The maximum absolute atomic E-state index is 12.3. The van der Waals surface area contributed by atoms with E-state index in [4.69, 9.17) is 4.74 Å². The molecule has 6 nitrogen and oxygen atoms in total. The molecule has 0 fully saturated rings. The van der Waals surface area contributed by atoms with Crippen LogP contribution >= 0.6 is 11.3 Å². The Hall–Kier alpha value is -1.89. The Kier molecular flexibility index (Phi) is 3.67. The van der Waals surface area contributed by atoms with E-state index >= 15 is 0 Å². The number of hydrogen-bond acceptors (Lipinski definition) is 5. The van der Waals surface area contributed by atoms with Crippen molar-refractivity contribution in [2.45, 2.75) is 40.3 Å². The first-order valence-corrected chi connectivity index (χ1v) is 7.79. The van der Waals surface area contributed by atoms with E-state index in [-0.39, 0.29) is 5.91 Å². The van der Waals surface area contributed by atoms with Gasteiger partial charge in [-0.2, -0.15) is 5.10 Å². The molecule has 0 saturated heterocycles. The molecular weight excluding hydrogens is 288 g/mol. The molecule has 0 bridgehead atoms. The van der Waals surface area contributed by atoms with E-state index in [1.54, 1.807) is 16.0 Å². The minimum absolute atomic E-state index is 0.177. The third-order valence-electron chi connectivity index (χ3n) is 3.57. The molecule has 21 heavy (non-hydrogen) atoms. The molecule has 0 saturated carbocycles. The van der Waals surface area contributed by atoms with Crippen LogP contribution in [0.2, 0.25) is 0 Å². The first kappa shape index (κ1) is 14.1. The fourth-order valence-corrected chi connectivity index (χ4v) is 3.20. The quantitative estimate of drug-likeness (QED) is 0.941. The number of carbonyl (C=O) groups is 1. The number of nitrogens with one attached hydrogen (secondary N) is 1. The van der Waals surface area contributed by atoms with Crippen LogP contribution < -0.4 is 10.1 Å². The van der Waals surface area contributed by atoms with E-state index in [9.17, 15) is 4.79 Å². The molecule has 0 unspecified atom stereocenters. The molecule has 0 radical (unpaired) electrons. The number of ether oxygens (including phenoxy) is 1. The second kappa shape index (κ2) is 5.48. The predicted molar refractivity (Wildman–Crippen MR) is 79.8 cm³/mol. The lowest BCUT2D eigenvalue weighted by Crippen LogP contribution is -2.24. The van der Waals surface area contributed by atoms with Gasteiger partial charge in [-0.25, -0.2) is 9.67 Å². The molecule has 1 N–H and O–H groups in total. The van der Waals surface area contributed by atoms with E-state index in [0.717, 1.165) is 29.2 Å². The van der Waals surface area contributed by atoms with Crippen LogP contribution in [-0.4, -0.2) is 27.3 Å². The summed E-state index contributed by atoms with van der Waals surface area (Å²) in [5.74, 6) is 0.538. The zero-order valence-corrected chi connectivity index (χ0v) is 13.2. The largest absolute Gasteiger partial charge is 0.478 e. The first-order chi connectivity index (χ1) is 10.1. The van der Waals surface area contributed by atoms with Crippen molar-refractivity contribution in [3.63, 3.8) is 0 Å². The van der Waals surface area contributed by atoms with Crippen LogP contribution in [0, 0.1) is 20.8 Å². The van der Waals surface area contributed by atoms with Crippen molar-refractivity contribution in [3.05, 3.63) is 26.8 Å². The van der Waals surface area contributed by atoms with Crippen LogP contribution in [0.5, 0.6) is 5.88 Å². The minimum Gasteiger partial charge on any atom is -0.478 e. The summed E-state index contributed by atoms with van der Waals surface area (Å²) >= 11 is 1.61. The number of aryl methyl sites for hydroxylation is 3. The summed E-state index contributed by atoms with van der Waals surface area (Å²) in [4.78, 5) is 17.9. The normalized spacial score (nSPS) is 13.7. The van der Waals surface area contributed by atoms with Gasteiger partial charge in [0.25, 0.3) is 5.91 Å². The Morgan fingerprint density at radius 2 is 2.24 bits per heavy atom. The predicted octanol–water partition coefficient (Wildman–Crippen LogP) is 1.98. The van der Waals surface area contributed by atoms with Crippen molar-refractivity contribution in [1.29, 1.82) is 0 Å². The van der Waals surface area contributed by atoms with Crippen LogP contribution in [-0.2, 0) is 13.1 Å². The van der Waals surface area contributed by atoms with Gasteiger partial charge in [0.05, 0.1) is 18.8 Å². The summed E-state index contributed by atoms with van der Waals surface area (Å²) in [7, 11) is 0. The van der Waals surface area contributed by atoms with Gasteiger partial charge in [-0.3, -0.25) is 4.79 Å². The Morgan fingerprint density at radius 3 is 2.90 bits per heavy atom. The summed E-state index contributed by atoms with van der Waals surface area (Å²) < 4.78 is 7.35. The highest BCUT2D eigenvalue weighted by Crippen LogP contribution is 2.25. The first-order valence-electron chi connectivity index (χ1n) is 6.97. The highest BCUT2D eigenvalue weighted by molar-refractivity contribution is 7.11. The lowest BCUT2D eigenvalue weighted by Gasteiger charge is -2.14. The van der Waals surface area contributed by atoms with Crippen molar-refractivity contribution in [3.8, 4) is 5.88 Å². The van der Waals surface area contributed by atoms with Crippen molar-refractivity contribution in [1.82, 2.24) is 20.1 Å². The summed E-state index contributed by atoms with van der Waals surface area (Å²) in [6, 6.07) is 0. The number of aromatic nitrogens is 3. The molecule has 1 amide bonds. The van der Waals surface area contributed by atoms with Crippen LogP contribution in [0.4, 0.5) is 0 Å². The molecule has 112 valence electrons. The number of amides is 1. The van der Waals surface area contributed by atoms with Gasteiger partial charge >= 0.3 is 0 Å². The van der Waals surface area contributed by atoms with E-state index < -0.39 is 0 Å². The second-order valence-electron chi connectivity index (χ2n) is 5.14. The third kappa shape index (κ3) is 2.65. The standard InChI is InChI=1S/C14H18N4O2S/c1-8-12(17-18-5-4-6-20-14(8)18)13(19)15-7-11-16-9(2)10(3)21-11/h4-7H2,1-3H3,(H,15,19). The Balaban J connectivity index is 1.72. The summed E-state index contributed by atoms with van der Waals surface area (Å²) in [6.45, 7) is 7.79. The second-order valence-corrected chi connectivity index (χ2v) is 6.42.